The summed E-state index contributed by atoms with van der Waals surface area (Å²) in [6.07, 6.45) is 31.2. The second-order valence-electron chi connectivity index (χ2n) is 9.75. The standard InChI is InChI=1S/2C15H32NS.Ni/c2*1-2-3-4-5-6-7-8-9-10-11-12-13-16-14-15-17;/h2*14,16-17H,2-13,15H2,1H3;/q2*-1;+2. The van der Waals surface area contributed by atoms with E-state index in [2.05, 4.69) is 49.7 Å². The average molecular weight is 576 g/mol. The first-order chi connectivity index (χ1) is 16.8. The van der Waals surface area contributed by atoms with Crippen LogP contribution in [-0.2, 0) is 16.5 Å². The molecule has 35 heavy (non-hydrogen) atoms. The number of nitrogens with one attached hydrogen (secondary N) is 2. The molecule has 0 saturated carbocycles. The van der Waals surface area contributed by atoms with Crippen molar-refractivity contribution in [3.8, 4) is 0 Å². The minimum atomic E-state index is 0. The van der Waals surface area contributed by atoms with Crippen molar-refractivity contribution in [1.29, 1.82) is 0 Å². The van der Waals surface area contributed by atoms with Crippen LogP contribution in [0.1, 0.15) is 155 Å². The summed E-state index contributed by atoms with van der Waals surface area (Å²) in [5.74, 6) is 1.66. The van der Waals surface area contributed by atoms with Crippen LogP contribution in [0.3, 0.4) is 0 Å². The van der Waals surface area contributed by atoms with E-state index in [1.807, 2.05) is 13.1 Å². The van der Waals surface area contributed by atoms with Gasteiger partial charge in [0.25, 0.3) is 0 Å². The van der Waals surface area contributed by atoms with Crippen LogP contribution in [0.4, 0.5) is 0 Å². The Morgan fingerprint density at radius 2 is 0.629 bits per heavy atom. The van der Waals surface area contributed by atoms with Crippen molar-refractivity contribution in [2.75, 3.05) is 24.6 Å². The first kappa shape index (κ1) is 40.6. The van der Waals surface area contributed by atoms with Crippen molar-refractivity contribution >= 4 is 25.3 Å². The molecule has 0 radical (unpaired) electrons. The average Bonchev–Trinajstić information content (AvgIpc) is 2.85. The number of thiol groups is 2. The zero-order valence-corrected chi connectivity index (χ0v) is 26.5. The second-order valence-corrected chi connectivity index (χ2v) is 10.5. The van der Waals surface area contributed by atoms with Gasteiger partial charge < -0.3 is 10.6 Å². The van der Waals surface area contributed by atoms with E-state index in [1.54, 1.807) is 0 Å². The molecule has 0 aliphatic rings. The summed E-state index contributed by atoms with van der Waals surface area (Å²) in [5.41, 5.74) is 0. The van der Waals surface area contributed by atoms with Gasteiger partial charge in [-0.1, -0.05) is 142 Å². The Balaban J connectivity index is -0.000000569. The van der Waals surface area contributed by atoms with E-state index in [-0.39, 0.29) is 16.5 Å². The number of hydrogen-bond acceptors (Lipinski definition) is 4. The van der Waals surface area contributed by atoms with Crippen molar-refractivity contribution in [3.05, 3.63) is 13.1 Å². The molecule has 0 aromatic rings. The largest absolute Gasteiger partial charge is 2.00 e. The summed E-state index contributed by atoms with van der Waals surface area (Å²) in [7, 11) is 0. The predicted molar refractivity (Wildman–Crippen MR) is 165 cm³/mol. The summed E-state index contributed by atoms with van der Waals surface area (Å²) in [5, 5.41) is 6.53. The summed E-state index contributed by atoms with van der Waals surface area (Å²) in [4.78, 5) is 0. The second kappa shape index (κ2) is 42.2. The van der Waals surface area contributed by atoms with Crippen molar-refractivity contribution in [2.45, 2.75) is 155 Å². The molecule has 5 heteroatoms. The van der Waals surface area contributed by atoms with Gasteiger partial charge in [0.2, 0.25) is 0 Å². The Kier molecular flexibility index (Phi) is 49.0. The number of rotatable bonds is 28. The third-order valence-corrected chi connectivity index (χ3v) is 6.69. The van der Waals surface area contributed by atoms with Crippen LogP contribution in [0, 0.1) is 13.1 Å². The van der Waals surface area contributed by atoms with Crippen LogP contribution < -0.4 is 10.6 Å². The normalized spacial score (nSPS) is 10.6. The molecule has 0 aliphatic heterocycles. The van der Waals surface area contributed by atoms with E-state index in [0.717, 1.165) is 24.6 Å². The van der Waals surface area contributed by atoms with Gasteiger partial charge in [0, 0.05) is 0 Å². The van der Waals surface area contributed by atoms with Crippen molar-refractivity contribution in [1.82, 2.24) is 10.6 Å². The van der Waals surface area contributed by atoms with Gasteiger partial charge in [0.05, 0.1) is 0 Å². The molecule has 0 spiro atoms. The molecule has 0 aliphatic carbocycles. The minimum Gasteiger partial charge on any atom is -0.469 e. The monoisotopic (exact) mass is 574 g/mol. The van der Waals surface area contributed by atoms with Gasteiger partial charge in [-0.05, 0) is 25.9 Å². The Morgan fingerprint density at radius 3 is 0.857 bits per heavy atom. The summed E-state index contributed by atoms with van der Waals surface area (Å²) >= 11 is 8.23. The SMILES string of the molecule is CCCCCCCCCCCCCN[CH-]CS.CCCCCCCCCCCCCN[CH-]CS.[Ni+2]. The fourth-order valence-corrected chi connectivity index (χ4v) is 4.37. The van der Waals surface area contributed by atoms with E-state index < -0.39 is 0 Å². The van der Waals surface area contributed by atoms with Gasteiger partial charge in [-0.25, -0.2) is 25.3 Å². The van der Waals surface area contributed by atoms with Crippen molar-refractivity contribution in [2.24, 2.45) is 0 Å². The summed E-state index contributed by atoms with van der Waals surface area (Å²) in [6, 6.07) is 0. The van der Waals surface area contributed by atoms with Gasteiger partial charge in [0.1, 0.15) is 0 Å². The molecular formula is C30H64N2NiS2. The van der Waals surface area contributed by atoms with Gasteiger partial charge in [-0.3, -0.25) is 13.1 Å². The molecule has 0 fully saturated rings. The van der Waals surface area contributed by atoms with E-state index in [4.69, 9.17) is 0 Å². The zero-order chi connectivity index (χ0) is 25.2. The third-order valence-electron chi connectivity index (χ3n) is 6.32. The molecule has 216 valence electrons. The first-order valence-electron chi connectivity index (χ1n) is 15.1. The fraction of sp³-hybridized carbons (Fsp3) is 0.933. The third kappa shape index (κ3) is 45.4. The van der Waals surface area contributed by atoms with Crippen LogP contribution in [0.15, 0.2) is 0 Å². The van der Waals surface area contributed by atoms with Gasteiger partial charge >= 0.3 is 16.5 Å². The summed E-state index contributed by atoms with van der Waals surface area (Å²) < 4.78 is 0. The molecule has 0 bridgehead atoms. The maximum atomic E-state index is 4.11. The van der Waals surface area contributed by atoms with E-state index in [0.29, 0.717) is 0 Å². The smallest absolute Gasteiger partial charge is 0.469 e. The molecule has 0 rings (SSSR count). The molecule has 0 unspecified atom stereocenters. The molecule has 0 amide bonds. The Morgan fingerprint density at radius 1 is 0.400 bits per heavy atom. The van der Waals surface area contributed by atoms with Crippen LogP contribution in [0.5, 0.6) is 0 Å². The van der Waals surface area contributed by atoms with Crippen LogP contribution in [0.25, 0.3) is 0 Å². The van der Waals surface area contributed by atoms with E-state index in [9.17, 15) is 0 Å². The number of hydrogen-bond donors (Lipinski definition) is 4. The van der Waals surface area contributed by atoms with E-state index in [1.165, 1.54) is 141 Å². The van der Waals surface area contributed by atoms with Gasteiger partial charge in [0.15, 0.2) is 0 Å². The topological polar surface area (TPSA) is 24.1 Å². The molecule has 0 saturated heterocycles. The van der Waals surface area contributed by atoms with E-state index >= 15 is 0 Å². The maximum absolute atomic E-state index is 4.11. The Hall–Kier alpha value is 1.11. The van der Waals surface area contributed by atoms with Crippen molar-refractivity contribution in [3.63, 3.8) is 0 Å². The molecule has 0 atom stereocenters. The predicted octanol–water partition coefficient (Wildman–Crippen LogP) is 9.95. The van der Waals surface area contributed by atoms with Crippen LogP contribution in [-0.4, -0.2) is 24.6 Å². The molecular weight excluding hydrogens is 511 g/mol. The quantitative estimate of drug-likeness (QED) is 0.0323. The minimum absolute atomic E-state index is 0. The van der Waals surface area contributed by atoms with Crippen LogP contribution in [0.2, 0.25) is 0 Å². The van der Waals surface area contributed by atoms with Crippen LogP contribution >= 0.6 is 25.3 Å². The summed E-state index contributed by atoms with van der Waals surface area (Å²) in [6.45, 7) is 10.9. The molecule has 2 N–H and O–H groups in total. The van der Waals surface area contributed by atoms with Gasteiger partial charge in [-0.15, -0.1) is 11.5 Å². The molecule has 0 aromatic carbocycles. The first-order valence-corrected chi connectivity index (χ1v) is 16.4. The Bertz CT molecular complexity index is 265. The molecule has 2 nitrogen and oxygen atoms in total. The fourth-order valence-electron chi connectivity index (χ4n) is 4.12. The van der Waals surface area contributed by atoms with Crippen molar-refractivity contribution < 1.29 is 16.5 Å². The van der Waals surface area contributed by atoms with Gasteiger partial charge in [-0.2, -0.15) is 0 Å². The Labute approximate surface area is 244 Å². The molecule has 0 aromatic heterocycles. The molecule has 0 heterocycles. The maximum Gasteiger partial charge on any atom is 2.00 e. The number of unbranched alkanes of at least 4 members (excludes halogenated alkanes) is 20. The zero-order valence-electron chi connectivity index (χ0n) is 23.8.